The Morgan fingerprint density at radius 2 is 2.00 bits per heavy atom. The molecule has 0 aliphatic rings. The van der Waals surface area contributed by atoms with E-state index in [1.165, 1.54) is 0 Å². The van der Waals surface area contributed by atoms with Crippen LogP contribution in [0.3, 0.4) is 0 Å². The zero-order valence-electron chi connectivity index (χ0n) is 8.06. The molecule has 3 rings (SSSR count). The van der Waals surface area contributed by atoms with Crippen molar-refractivity contribution in [3.05, 3.63) is 24.8 Å². The van der Waals surface area contributed by atoms with Gasteiger partial charge < -0.3 is 4.98 Å². The molecule has 0 saturated heterocycles. The SMILES string of the molecule is CSc1cc2[nH]ccnc2c2ncnc12. The van der Waals surface area contributed by atoms with Crippen molar-refractivity contribution in [2.75, 3.05) is 6.26 Å². The third kappa shape index (κ3) is 1.20. The molecule has 0 atom stereocenters. The molecule has 0 fully saturated rings. The Balaban J connectivity index is 2.57. The van der Waals surface area contributed by atoms with Crippen LogP contribution in [0.1, 0.15) is 0 Å². The van der Waals surface area contributed by atoms with E-state index >= 15 is 0 Å². The van der Waals surface area contributed by atoms with E-state index in [0.29, 0.717) is 0 Å². The largest absolute Gasteiger partial charge is 0.358 e. The zero-order chi connectivity index (χ0) is 10.3. The number of imidazole rings is 1. The summed E-state index contributed by atoms with van der Waals surface area (Å²) in [7, 11) is 0. The van der Waals surface area contributed by atoms with Crippen LogP contribution >= 0.6 is 11.8 Å². The number of fused-ring (bicyclic) bond motifs is 3. The molecule has 2 heterocycles. The molecule has 1 aromatic carbocycles. The van der Waals surface area contributed by atoms with Gasteiger partial charge in [-0.05, 0) is 12.3 Å². The summed E-state index contributed by atoms with van der Waals surface area (Å²) in [6, 6.07) is 2.06. The Labute approximate surface area is 90.2 Å². The van der Waals surface area contributed by atoms with Gasteiger partial charge in [0.2, 0.25) is 0 Å². The average molecular weight is 216 g/mol. The number of H-pyrrole nitrogens is 1. The van der Waals surface area contributed by atoms with Gasteiger partial charge in [0.05, 0.1) is 5.52 Å². The molecule has 0 spiro atoms. The van der Waals surface area contributed by atoms with E-state index in [2.05, 4.69) is 26.0 Å². The summed E-state index contributed by atoms with van der Waals surface area (Å²) in [5, 5.41) is 0. The Morgan fingerprint density at radius 3 is 2.87 bits per heavy atom. The molecule has 5 heteroatoms. The first-order valence-electron chi connectivity index (χ1n) is 4.51. The first-order valence-corrected chi connectivity index (χ1v) is 5.73. The summed E-state index contributed by atoms with van der Waals surface area (Å²) in [6.07, 6.45) is 7.16. The highest BCUT2D eigenvalue weighted by molar-refractivity contribution is 7.98. The van der Waals surface area contributed by atoms with Crippen LogP contribution in [0.25, 0.3) is 22.1 Å². The fourth-order valence-electron chi connectivity index (χ4n) is 1.65. The van der Waals surface area contributed by atoms with Crippen LogP contribution in [0.15, 0.2) is 29.7 Å². The van der Waals surface area contributed by atoms with E-state index in [1.807, 2.05) is 12.5 Å². The lowest BCUT2D eigenvalue weighted by Crippen LogP contribution is -1.86. The van der Waals surface area contributed by atoms with Crippen molar-refractivity contribution in [1.82, 2.24) is 19.9 Å². The van der Waals surface area contributed by atoms with Crippen molar-refractivity contribution in [3.8, 4) is 0 Å². The molecule has 0 unspecified atom stereocenters. The molecule has 0 radical (unpaired) electrons. The van der Waals surface area contributed by atoms with E-state index in [-0.39, 0.29) is 0 Å². The van der Waals surface area contributed by atoms with Crippen LogP contribution < -0.4 is 0 Å². The van der Waals surface area contributed by atoms with E-state index in [0.717, 1.165) is 27.0 Å². The van der Waals surface area contributed by atoms with Gasteiger partial charge in [-0.3, -0.25) is 4.98 Å². The molecule has 2 aromatic heterocycles. The summed E-state index contributed by atoms with van der Waals surface area (Å²) >= 11 is 1.67. The molecule has 74 valence electrons. The molecule has 0 saturated carbocycles. The van der Waals surface area contributed by atoms with Crippen LogP contribution in [-0.4, -0.2) is 26.2 Å². The third-order valence-corrected chi connectivity index (χ3v) is 3.07. The summed E-state index contributed by atoms with van der Waals surface area (Å²) in [5.41, 5.74) is 3.67. The average Bonchev–Trinajstić information content (AvgIpc) is 2.77. The maximum Gasteiger partial charge on any atom is 0.119 e. The van der Waals surface area contributed by atoms with Crippen molar-refractivity contribution >= 4 is 33.8 Å². The Hall–Kier alpha value is -1.62. The lowest BCUT2D eigenvalue weighted by atomic mass is 10.2. The lowest BCUT2D eigenvalue weighted by Gasteiger charge is -2.01. The summed E-state index contributed by atoms with van der Waals surface area (Å²) < 4.78 is 0. The predicted octanol–water partition coefficient (Wildman–Crippen LogP) is 2.23. The predicted molar refractivity (Wildman–Crippen MR) is 61.0 cm³/mol. The summed E-state index contributed by atoms with van der Waals surface area (Å²) in [6.45, 7) is 0. The maximum atomic E-state index is 4.31. The number of aromatic amines is 1. The smallest absolute Gasteiger partial charge is 0.119 e. The van der Waals surface area contributed by atoms with Gasteiger partial charge in [-0.2, -0.15) is 0 Å². The minimum Gasteiger partial charge on any atom is -0.358 e. The lowest BCUT2D eigenvalue weighted by molar-refractivity contribution is 1.29. The second-order valence-corrected chi connectivity index (χ2v) is 3.98. The molecule has 15 heavy (non-hydrogen) atoms. The van der Waals surface area contributed by atoms with Gasteiger partial charge in [0.25, 0.3) is 0 Å². The summed E-state index contributed by atoms with van der Waals surface area (Å²) in [4.78, 5) is 17.1. The molecule has 0 bridgehead atoms. The molecule has 4 nitrogen and oxygen atoms in total. The van der Waals surface area contributed by atoms with E-state index in [4.69, 9.17) is 0 Å². The number of aromatic nitrogens is 4. The van der Waals surface area contributed by atoms with Crippen molar-refractivity contribution in [2.45, 2.75) is 4.90 Å². The molecule has 0 aliphatic heterocycles. The minimum absolute atomic E-state index is 0.869. The first kappa shape index (κ1) is 8.67. The zero-order valence-corrected chi connectivity index (χ0v) is 8.88. The second kappa shape index (κ2) is 3.20. The van der Waals surface area contributed by atoms with Crippen molar-refractivity contribution in [2.24, 2.45) is 0 Å². The number of rotatable bonds is 1. The summed E-state index contributed by atoms with van der Waals surface area (Å²) in [5.74, 6) is 0. The number of thioether (sulfide) groups is 1. The van der Waals surface area contributed by atoms with Gasteiger partial charge in [-0.25, -0.2) is 9.97 Å². The fraction of sp³-hybridized carbons (Fsp3) is 0.100. The van der Waals surface area contributed by atoms with Crippen LogP contribution in [0.2, 0.25) is 0 Å². The standard InChI is InChI=1S/C10H8N4S/c1-15-7-4-6-8(12-3-2-11-6)10-9(7)13-5-14-10/h2-5,11H,1H3. The monoisotopic (exact) mass is 216 g/mol. The second-order valence-electron chi connectivity index (χ2n) is 3.14. The van der Waals surface area contributed by atoms with Crippen molar-refractivity contribution < 1.29 is 0 Å². The van der Waals surface area contributed by atoms with Gasteiger partial charge in [0, 0.05) is 17.3 Å². The molecule has 0 amide bonds. The topological polar surface area (TPSA) is 54.5 Å². The van der Waals surface area contributed by atoms with Gasteiger partial charge in [0.1, 0.15) is 22.9 Å². The quantitative estimate of drug-likeness (QED) is 0.634. The first-order chi connectivity index (χ1) is 7.40. The van der Waals surface area contributed by atoms with Gasteiger partial charge in [-0.15, -0.1) is 11.8 Å². The minimum atomic E-state index is 0.869. The van der Waals surface area contributed by atoms with E-state index < -0.39 is 0 Å². The van der Waals surface area contributed by atoms with Crippen molar-refractivity contribution in [3.63, 3.8) is 0 Å². The van der Waals surface area contributed by atoms with Crippen molar-refractivity contribution in [1.29, 1.82) is 0 Å². The molecular formula is C10H8N4S. The molecular weight excluding hydrogens is 208 g/mol. The molecule has 3 aromatic rings. The third-order valence-electron chi connectivity index (χ3n) is 2.32. The number of nitrogens with zero attached hydrogens (tertiary/aromatic N) is 3. The van der Waals surface area contributed by atoms with E-state index in [1.54, 1.807) is 24.3 Å². The highest BCUT2D eigenvalue weighted by Crippen LogP contribution is 2.28. The number of hydrogen-bond acceptors (Lipinski definition) is 4. The highest BCUT2D eigenvalue weighted by atomic mass is 32.2. The van der Waals surface area contributed by atoms with Gasteiger partial charge >= 0.3 is 0 Å². The highest BCUT2D eigenvalue weighted by Gasteiger charge is 2.09. The van der Waals surface area contributed by atoms with Crippen LogP contribution in [0.4, 0.5) is 0 Å². The number of nitrogens with one attached hydrogen (secondary N) is 1. The maximum absolute atomic E-state index is 4.31. The fourth-order valence-corrected chi connectivity index (χ4v) is 2.23. The van der Waals surface area contributed by atoms with Gasteiger partial charge in [-0.1, -0.05) is 0 Å². The van der Waals surface area contributed by atoms with Gasteiger partial charge in [0.15, 0.2) is 0 Å². The Kier molecular flexibility index (Phi) is 1.85. The molecule has 1 N–H and O–H groups in total. The number of benzene rings is 1. The number of hydrogen-bond donors (Lipinski definition) is 1. The van der Waals surface area contributed by atoms with Crippen LogP contribution in [0.5, 0.6) is 0 Å². The van der Waals surface area contributed by atoms with Crippen LogP contribution in [-0.2, 0) is 0 Å². The van der Waals surface area contributed by atoms with E-state index in [9.17, 15) is 0 Å². The van der Waals surface area contributed by atoms with Crippen LogP contribution in [0, 0.1) is 0 Å². The Morgan fingerprint density at radius 1 is 1.13 bits per heavy atom. The molecule has 0 aliphatic carbocycles. The normalized spacial score (nSPS) is 11.3. The Bertz CT molecular complexity index is 631.